The predicted octanol–water partition coefficient (Wildman–Crippen LogP) is 1.90. The molecule has 0 unspecified atom stereocenters. The molecule has 3 aromatic rings. The minimum absolute atomic E-state index is 0.243. The molecule has 3 heterocycles. The molecule has 0 spiro atoms. The molecule has 11 heteroatoms. The first-order valence-electron chi connectivity index (χ1n) is 14.0. The van der Waals surface area contributed by atoms with Gasteiger partial charge in [0.05, 0.1) is 0 Å². The number of likely N-dealkylation sites (N-methyl/N-ethyl adjacent to an activating group) is 1. The number of rotatable bonds is 4. The fourth-order valence-electron chi connectivity index (χ4n) is 5.50. The smallest absolute Gasteiger partial charge is 0.269 e. The Hall–Kier alpha value is -2.72. The number of aromatic nitrogens is 3. The molecule has 1 fully saturated rings. The average Bonchev–Trinajstić information content (AvgIpc) is 3.40. The van der Waals surface area contributed by atoms with E-state index in [0.717, 1.165) is 88.5 Å². The van der Waals surface area contributed by atoms with Crippen LogP contribution in [-0.4, -0.2) is 111 Å². The zero-order valence-electron chi connectivity index (χ0n) is 23.1. The first-order valence-corrected chi connectivity index (χ1v) is 15.3. The van der Waals surface area contributed by atoms with Gasteiger partial charge in [0.1, 0.15) is 0 Å². The van der Waals surface area contributed by atoms with Crippen LogP contribution in [0, 0.1) is 0 Å². The monoisotopic (exact) mass is 581 g/mol. The number of amides is 2. The van der Waals surface area contributed by atoms with Gasteiger partial charge >= 0.3 is 177 Å². The second kappa shape index (κ2) is 12.6. The van der Waals surface area contributed by atoms with E-state index in [2.05, 4.69) is 35.7 Å². The first-order chi connectivity index (χ1) is 19.0. The van der Waals surface area contributed by atoms with Gasteiger partial charge in [-0.25, -0.2) is 0 Å². The molecule has 2 aliphatic rings. The predicted molar refractivity (Wildman–Crippen MR) is 145 cm³/mol. The summed E-state index contributed by atoms with van der Waals surface area (Å²) >= 11 is 1.20. The third kappa shape index (κ3) is 6.22. The molecule has 1 aromatic heterocycles. The Morgan fingerprint density at radius 3 is 2.62 bits per heavy atom. The van der Waals surface area contributed by atoms with E-state index in [4.69, 9.17) is 0 Å². The maximum absolute atomic E-state index is 13.0. The van der Waals surface area contributed by atoms with Crippen molar-refractivity contribution in [1.82, 2.24) is 35.0 Å². The summed E-state index contributed by atoms with van der Waals surface area (Å²) in [6.45, 7) is 11.4. The molecule has 0 saturated carbocycles. The van der Waals surface area contributed by atoms with Gasteiger partial charge in [-0.3, -0.25) is 14.5 Å². The van der Waals surface area contributed by atoms with E-state index >= 15 is 0 Å². The van der Waals surface area contributed by atoms with E-state index < -0.39 is 0 Å². The third-order valence-electron chi connectivity index (χ3n) is 7.70. The third-order valence-corrected chi connectivity index (χ3v) is 9.03. The Morgan fingerprint density at radius 1 is 0.974 bits per heavy atom. The van der Waals surface area contributed by atoms with Crippen molar-refractivity contribution in [1.29, 1.82) is 0 Å². The van der Waals surface area contributed by atoms with Crippen molar-refractivity contribution in [2.24, 2.45) is 0 Å². The van der Waals surface area contributed by atoms with Crippen LogP contribution in [0.15, 0.2) is 36.5 Å². The van der Waals surface area contributed by atoms with Crippen molar-refractivity contribution >= 4 is 22.6 Å². The molecule has 0 radical (unpaired) electrons. The number of hydrogen-bond acceptors (Lipinski definition) is 7. The Kier molecular flexibility index (Phi) is 9.02. The number of nitrogens with zero attached hydrogens (tertiary/aromatic N) is 7. The Labute approximate surface area is 239 Å². The van der Waals surface area contributed by atoms with Gasteiger partial charge in [-0.2, -0.15) is 0 Å². The van der Waals surface area contributed by atoms with Crippen LogP contribution in [0.5, 0.6) is 0 Å². The van der Waals surface area contributed by atoms with E-state index in [1.165, 1.54) is 23.0 Å². The van der Waals surface area contributed by atoms with Gasteiger partial charge in [0.15, 0.2) is 0 Å². The summed E-state index contributed by atoms with van der Waals surface area (Å²) in [6, 6.07) is 9.33. The molecule has 10 nitrogen and oxygen atoms in total. The van der Waals surface area contributed by atoms with Crippen LogP contribution in [-0.2, 0) is 24.7 Å². The summed E-state index contributed by atoms with van der Waals surface area (Å²) < 4.78 is 4.32. The molecule has 0 bridgehead atoms. The Balaban J connectivity index is 1.34. The summed E-state index contributed by atoms with van der Waals surface area (Å²) in [4.78, 5) is 32.2. The number of carbonyl (C=O) groups excluding carboxylic acids is 2. The van der Waals surface area contributed by atoms with Gasteiger partial charge in [-0.05, 0) is 13.0 Å². The molecular weight excluding hydrogens is 546 g/mol. The Bertz CT molecular complexity index is 1350. The van der Waals surface area contributed by atoms with Crippen LogP contribution in [0.3, 0.4) is 0 Å². The standard InChI is InChI=1S/C28H37N8O2.Zn/c1-3-35-27(37)23-8-4-7-22-25(10-9-24(26(22)23)28(35)38)36-20-21(31-32-36)19-34-16-6-12-29-13-17-33(2)15-5-11-30-14-18-34;/h4,7-10,20,30H,3,5-6,11-19H2,1-2H3;/q-1;+2. The molecule has 2 amide bonds. The van der Waals surface area contributed by atoms with E-state index in [1.807, 2.05) is 37.4 Å². The van der Waals surface area contributed by atoms with Crippen LogP contribution in [0.25, 0.3) is 16.5 Å². The SMILES string of the molecule is CCN1C(=O)c2cccc3c(-n4cc(CN5CCC[N+](=[Zn])CCN(C)CCCNCC5)nn4)ccc(c23)C1=O. The normalized spacial score (nSPS) is 19.1. The average molecular weight is 583 g/mol. The fourth-order valence-corrected chi connectivity index (χ4v) is 6.26. The summed E-state index contributed by atoms with van der Waals surface area (Å²) in [5, 5.41) is 14.1. The minimum atomic E-state index is -0.243. The van der Waals surface area contributed by atoms with E-state index in [9.17, 15) is 9.59 Å². The van der Waals surface area contributed by atoms with E-state index in [1.54, 1.807) is 10.7 Å². The topological polar surface area (TPSA) is 89.6 Å². The summed E-state index contributed by atoms with van der Waals surface area (Å²) in [6.07, 6.45) is 4.26. The van der Waals surface area contributed by atoms with Gasteiger partial charge in [0, 0.05) is 17.7 Å². The molecule has 5 rings (SSSR count). The van der Waals surface area contributed by atoms with Gasteiger partial charge in [-0.15, -0.1) is 0 Å². The molecule has 2 aromatic carbocycles. The molecular formula is C28H37N8O2Zn+. The van der Waals surface area contributed by atoms with Crippen molar-refractivity contribution < 1.29 is 31.0 Å². The molecule has 0 aliphatic carbocycles. The second-order valence-electron chi connectivity index (χ2n) is 10.5. The van der Waals surface area contributed by atoms with Crippen LogP contribution in [0.4, 0.5) is 0 Å². The number of hydrogen-bond donors (Lipinski definition) is 1. The van der Waals surface area contributed by atoms with Gasteiger partial charge in [-0.1, -0.05) is 6.07 Å². The van der Waals surface area contributed by atoms with Gasteiger partial charge in [0.25, 0.3) is 11.8 Å². The van der Waals surface area contributed by atoms with Crippen LogP contribution in [0.2, 0.25) is 0 Å². The molecule has 202 valence electrons. The van der Waals surface area contributed by atoms with E-state index in [-0.39, 0.29) is 11.8 Å². The Morgan fingerprint density at radius 2 is 1.79 bits per heavy atom. The maximum atomic E-state index is 13.0. The zero-order chi connectivity index (χ0) is 27.4. The number of nitrogens with one attached hydrogen (secondary N) is 1. The number of imide groups is 1. The van der Waals surface area contributed by atoms with Crippen molar-refractivity contribution in [3.8, 4) is 5.69 Å². The van der Waals surface area contributed by atoms with Crippen molar-refractivity contribution in [3.05, 3.63) is 53.3 Å². The van der Waals surface area contributed by atoms with Crippen molar-refractivity contribution in [3.63, 3.8) is 0 Å². The first kappa shape index (κ1) is 27.8. The summed E-state index contributed by atoms with van der Waals surface area (Å²) in [5.74, 6) is -0.486. The van der Waals surface area contributed by atoms with Crippen LogP contribution < -0.4 is 5.32 Å². The zero-order valence-corrected chi connectivity index (χ0v) is 26.1. The van der Waals surface area contributed by atoms with Crippen LogP contribution >= 0.6 is 0 Å². The van der Waals surface area contributed by atoms with Crippen molar-refractivity contribution in [2.75, 3.05) is 66.0 Å². The fraction of sp³-hybridized carbons (Fsp3) is 0.500. The molecule has 0 atom stereocenters. The van der Waals surface area contributed by atoms with Gasteiger partial charge < -0.3 is 0 Å². The molecule has 1 N–H and O–H groups in total. The van der Waals surface area contributed by atoms with Crippen LogP contribution in [0.1, 0.15) is 46.2 Å². The summed E-state index contributed by atoms with van der Waals surface area (Å²) in [7, 11) is 2.22. The molecule has 2 aliphatic heterocycles. The minimum Gasteiger partial charge on any atom is -0.269 e. The molecule has 39 heavy (non-hydrogen) atoms. The quantitative estimate of drug-likeness (QED) is 0.371. The van der Waals surface area contributed by atoms with E-state index in [0.29, 0.717) is 23.1 Å². The van der Waals surface area contributed by atoms with Crippen molar-refractivity contribution in [2.45, 2.75) is 26.3 Å². The second-order valence-corrected chi connectivity index (χ2v) is 12.4. The number of carbonyl (C=O) groups is 2. The molecule has 1 saturated heterocycles. The summed E-state index contributed by atoms with van der Waals surface area (Å²) in [5.41, 5.74) is 2.84. The number of benzene rings is 2. The van der Waals surface area contributed by atoms with Gasteiger partial charge in [0.2, 0.25) is 0 Å².